The van der Waals surface area contributed by atoms with Crippen molar-refractivity contribution in [3.05, 3.63) is 83.6 Å². The van der Waals surface area contributed by atoms with E-state index in [0.29, 0.717) is 19.5 Å². The van der Waals surface area contributed by atoms with Crippen LogP contribution in [0.25, 0.3) is 0 Å². The summed E-state index contributed by atoms with van der Waals surface area (Å²) in [4.78, 5) is 8.93. The van der Waals surface area contributed by atoms with Crippen molar-refractivity contribution in [3.63, 3.8) is 0 Å². The average Bonchev–Trinajstić information content (AvgIpc) is 3.43. The molecule has 298 valence electrons. The summed E-state index contributed by atoms with van der Waals surface area (Å²) in [5.74, 6) is 2.32. The molecule has 0 aromatic heterocycles. The van der Waals surface area contributed by atoms with Crippen LogP contribution in [0.4, 0.5) is 11.4 Å². The number of benzene rings is 2. The number of hydrogen-bond donors (Lipinski definition) is 1. The van der Waals surface area contributed by atoms with Crippen molar-refractivity contribution in [2.45, 2.75) is 131 Å². The van der Waals surface area contributed by atoms with Gasteiger partial charge in [0.2, 0.25) is 0 Å². The van der Waals surface area contributed by atoms with Gasteiger partial charge in [-0.05, 0) is 142 Å². The minimum Gasteiger partial charge on any atom is -0.862 e. The predicted molar refractivity (Wildman–Crippen MR) is 214 cm³/mol. The molecule has 8 rings (SSSR count). The largest absolute Gasteiger partial charge is 0.862 e. The van der Waals surface area contributed by atoms with Gasteiger partial charge in [0.05, 0.1) is 21.4 Å². The van der Waals surface area contributed by atoms with Crippen molar-refractivity contribution in [3.8, 4) is 0 Å². The van der Waals surface area contributed by atoms with Gasteiger partial charge >= 0.3 is 0 Å². The Balaban J connectivity index is 1.05. The standard InChI is InChI=1S/C43H57N3O7S2/c1-6-45-36-18-16-32(54(48,49)50)24-34(36)41(2,3)38(45)13-9-7-10-14-39-42(4,5)35-25-33(55(51,52)53)17-19-37(35)46(39)20-12-8-11-15-40(47)44-43-26-29-21-30(27-43)23-31(22-29)28-43/h7,9-10,13-14,16-19,24-25,29-31,38H,6,8,11-12,15,20-23,26-28H2,1-5H3,(H,44,47)(H,48,49,50)(H,51,52,53)/p-2/b10-7+,13-9+,39-14+. The van der Waals surface area contributed by atoms with Gasteiger partial charge in [-0.2, -0.15) is 8.42 Å². The molecule has 0 spiro atoms. The van der Waals surface area contributed by atoms with E-state index < -0.39 is 31.1 Å². The third kappa shape index (κ3) is 7.68. The molecule has 2 aromatic rings. The Morgan fingerprint density at radius 1 is 0.855 bits per heavy atom. The zero-order chi connectivity index (χ0) is 39.6. The summed E-state index contributed by atoms with van der Waals surface area (Å²) in [7, 11) is -8.97. The van der Waals surface area contributed by atoms with Crippen LogP contribution in [0.3, 0.4) is 0 Å². The fourth-order valence-electron chi connectivity index (χ4n) is 11.0. The lowest BCUT2D eigenvalue weighted by molar-refractivity contribution is -0.220. The smallest absolute Gasteiger partial charge is 0.294 e. The lowest BCUT2D eigenvalue weighted by Gasteiger charge is -2.55. The topological polar surface area (TPSA) is 153 Å². The van der Waals surface area contributed by atoms with Crippen LogP contribution in [-0.4, -0.2) is 56.5 Å². The summed E-state index contributed by atoms with van der Waals surface area (Å²) in [6, 6.07) is 9.30. The number of allylic oxidation sites excluding steroid dienone is 5. The first-order chi connectivity index (χ1) is 25.8. The van der Waals surface area contributed by atoms with E-state index in [-0.39, 0.29) is 27.3 Å². The molecular weight excluding hydrogens is 735 g/mol. The lowest BCUT2D eigenvalue weighted by atomic mass is 9.53. The Labute approximate surface area is 327 Å². The number of rotatable bonds is 13. The molecule has 1 atom stereocenters. The molecule has 1 unspecified atom stereocenters. The van der Waals surface area contributed by atoms with Crippen molar-refractivity contribution < 1.29 is 31.0 Å². The van der Waals surface area contributed by atoms with Crippen molar-refractivity contribution in [2.75, 3.05) is 22.9 Å². The van der Waals surface area contributed by atoms with Crippen LogP contribution < -0.4 is 14.9 Å². The molecule has 2 aliphatic heterocycles. The lowest BCUT2D eigenvalue weighted by Crippen LogP contribution is -2.50. The van der Waals surface area contributed by atoms with Gasteiger partial charge in [-0.1, -0.05) is 58.4 Å². The highest BCUT2D eigenvalue weighted by Gasteiger charge is 2.51. The van der Waals surface area contributed by atoms with Gasteiger partial charge in [-0.25, -0.2) is 8.42 Å². The first-order valence-electron chi connectivity index (χ1n) is 19.9. The van der Waals surface area contributed by atoms with E-state index in [9.17, 15) is 31.0 Å². The molecule has 0 amide bonds. The maximum absolute atomic E-state index is 13.1. The molecule has 0 radical (unpaired) electrons. The third-order valence-corrected chi connectivity index (χ3v) is 14.9. The maximum Gasteiger partial charge on any atom is 0.294 e. The molecule has 1 N–H and O–H groups in total. The summed E-state index contributed by atoms with van der Waals surface area (Å²) in [6.07, 6.45) is 20.2. The van der Waals surface area contributed by atoms with E-state index in [0.717, 1.165) is 84.5 Å². The van der Waals surface area contributed by atoms with E-state index >= 15 is 0 Å². The quantitative estimate of drug-likeness (QED) is 0.0719. The molecule has 2 heterocycles. The molecule has 4 fully saturated rings. The van der Waals surface area contributed by atoms with Gasteiger partial charge in [-0.15, -0.1) is 0 Å². The molecule has 4 saturated carbocycles. The number of aliphatic imine (C=N–C) groups is 1. The molecular formula is C43H55N3O7S2-2. The second kappa shape index (κ2) is 14.5. The second-order valence-corrected chi connectivity index (χ2v) is 20.6. The molecule has 0 saturated heterocycles. The Morgan fingerprint density at radius 2 is 1.47 bits per heavy atom. The monoisotopic (exact) mass is 789 g/mol. The molecule has 6 aliphatic rings. The van der Waals surface area contributed by atoms with Gasteiger partial charge in [0.15, 0.2) is 0 Å². The fraction of sp³-hybridized carbons (Fsp3) is 0.558. The van der Waals surface area contributed by atoms with Gasteiger partial charge in [-0.3, -0.25) is 9.55 Å². The van der Waals surface area contributed by atoms with Crippen LogP contribution in [0.1, 0.15) is 110 Å². The Bertz CT molecular complexity index is 2130. The number of fused-ring (bicyclic) bond motifs is 2. The van der Waals surface area contributed by atoms with Crippen LogP contribution in [0, 0.1) is 17.8 Å². The summed E-state index contributed by atoms with van der Waals surface area (Å²) < 4.78 is 69.4. The van der Waals surface area contributed by atoms with Gasteiger partial charge in [0.1, 0.15) is 10.1 Å². The average molecular weight is 790 g/mol. The van der Waals surface area contributed by atoms with E-state index in [2.05, 4.69) is 15.9 Å². The second-order valence-electron chi connectivity index (χ2n) is 17.8. The normalized spacial score (nSPS) is 28.9. The van der Waals surface area contributed by atoms with Crippen molar-refractivity contribution in [1.82, 2.24) is 0 Å². The molecule has 55 heavy (non-hydrogen) atoms. The summed E-state index contributed by atoms with van der Waals surface area (Å²) in [5.41, 5.74) is 3.30. The summed E-state index contributed by atoms with van der Waals surface area (Å²) in [5, 5.41) is 13.1. The minimum absolute atomic E-state index is 0.0539. The van der Waals surface area contributed by atoms with Crippen LogP contribution in [0.2, 0.25) is 0 Å². The minimum atomic E-state index is -4.58. The van der Waals surface area contributed by atoms with Crippen molar-refractivity contribution in [1.29, 1.82) is 0 Å². The predicted octanol–water partition coefficient (Wildman–Crippen LogP) is 7.41. The highest BCUT2D eigenvalue weighted by molar-refractivity contribution is 7.86. The zero-order valence-electron chi connectivity index (χ0n) is 32.7. The Morgan fingerprint density at radius 3 is 2.09 bits per heavy atom. The summed E-state index contributed by atoms with van der Waals surface area (Å²) in [6.45, 7) is 11.6. The van der Waals surface area contributed by atoms with Gasteiger partial charge in [0.25, 0.3) is 10.1 Å². The number of nitrogens with zero attached hydrogens (tertiary/aromatic N) is 3. The SMILES string of the molecule is CCN1c2ccc(S(=O)(=O)[O-])cc2C(C)(C)C1/C=C/C=C/C=C1/N(CCCCCC([O-])=NC23CC4CC(CC(C4)C2)C3)c2ccc(S(=O)(=O)O)cc2C1(C)C. The Hall–Kier alpha value is -3.45. The highest BCUT2D eigenvalue weighted by Crippen LogP contribution is 2.57. The molecule has 4 aliphatic carbocycles. The van der Waals surface area contributed by atoms with Crippen LogP contribution in [0.15, 0.2) is 87.3 Å². The Kier molecular flexibility index (Phi) is 10.5. The van der Waals surface area contributed by atoms with Crippen LogP contribution in [-0.2, 0) is 31.1 Å². The number of unbranched alkanes of at least 4 members (excludes halogenated alkanes) is 2. The van der Waals surface area contributed by atoms with Crippen molar-refractivity contribution in [2.24, 2.45) is 22.7 Å². The zero-order valence-corrected chi connectivity index (χ0v) is 34.3. The number of likely N-dealkylation sites (N-methyl/N-ethyl adjacent to an activating group) is 1. The fourth-order valence-corrected chi connectivity index (χ4v) is 12.0. The number of hydrogen-bond acceptors (Lipinski definition) is 9. The van der Waals surface area contributed by atoms with E-state index in [1.165, 1.54) is 37.5 Å². The molecule has 12 heteroatoms. The van der Waals surface area contributed by atoms with Crippen LogP contribution in [0.5, 0.6) is 0 Å². The third-order valence-electron chi connectivity index (χ3n) is 13.2. The van der Waals surface area contributed by atoms with E-state index in [1.807, 2.05) is 58.9 Å². The highest BCUT2D eigenvalue weighted by atomic mass is 32.2. The first-order valence-corrected chi connectivity index (χ1v) is 22.8. The molecule has 4 bridgehead atoms. The molecule has 2 aromatic carbocycles. The maximum atomic E-state index is 13.1. The van der Waals surface area contributed by atoms with Gasteiger partial charge in [0, 0.05) is 41.0 Å². The summed E-state index contributed by atoms with van der Waals surface area (Å²) >= 11 is 0. The molecule has 10 nitrogen and oxygen atoms in total. The van der Waals surface area contributed by atoms with Crippen molar-refractivity contribution >= 4 is 37.5 Å². The van der Waals surface area contributed by atoms with E-state index in [1.54, 1.807) is 18.2 Å². The first kappa shape index (κ1) is 39.8. The van der Waals surface area contributed by atoms with Crippen LogP contribution >= 0.6 is 0 Å². The van der Waals surface area contributed by atoms with Gasteiger partial charge < -0.3 is 19.5 Å². The van der Waals surface area contributed by atoms with E-state index in [4.69, 9.17) is 4.99 Å². The number of anilines is 2.